The number of carbonyl (C=O) groups is 1. The minimum Gasteiger partial charge on any atom is -0.456 e. The summed E-state index contributed by atoms with van der Waals surface area (Å²) in [5, 5.41) is 1.76. The van der Waals surface area contributed by atoms with Crippen LogP contribution in [-0.4, -0.2) is 26.2 Å². The summed E-state index contributed by atoms with van der Waals surface area (Å²) >= 11 is 3.46. The Balaban J connectivity index is 2.02. The normalized spacial score (nSPS) is 12.2. The van der Waals surface area contributed by atoms with Gasteiger partial charge in [-0.3, -0.25) is 13.7 Å². The van der Waals surface area contributed by atoms with E-state index in [0.29, 0.717) is 6.07 Å². The molecule has 13 heteroatoms. The van der Waals surface area contributed by atoms with E-state index in [-0.39, 0.29) is 34.9 Å². The number of hydrogen-bond acceptors (Lipinski definition) is 4. The number of benzene rings is 2. The molecule has 0 aliphatic heterocycles. The van der Waals surface area contributed by atoms with E-state index in [1.807, 2.05) is 0 Å². The first-order chi connectivity index (χ1) is 16.4. The number of carbonyl (C=O) groups excluding carboxylic acids is 1. The highest BCUT2D eigenvalue weighted by Gasteiger charge is 2.35. The molecule has 0 saturated heterocycles. The smallest absolute Gasteiger partial charge is 0.417 e. The Hall–Kier alpha value is -3.22. The van der Waals surface area contributed by atoms with Gasteiger partial charge >= 0.3 is 6.18 Å². The molecule has 35 heavy (non-hydrogen) atoms. The minimum absolute atomic E-state index is 0.0334. The van der Waals surface area contributed by atoms with Gasteiger partial charge in [0.15, 0.2) is 0 Å². The van der Waals surface area contributed by atoms with Gasteiger partial charge < -0.3 is 10.1 Å². The van der Waals surface area contributed by atoms with Crippen LogP contribution in [0.4, 0.5) is 29.1 Å². The number of alkyl halides is 3. The molecule has 0 radical (unpaired) electrons. The number of halogens is 5. The fraction of sp³-hybridized carbons (Fsp3) is 0.182. The molecule has 3 rings (SSSR count). The number of nitrogens with one attached hydrogen (secondary N) is 1. The van der Waals surface area contributed by atoms with Gasteiger partial charge in [-0.2, -0.15) is 13.2 Å². The summed E-state index contributed by atoms with van der Waals surface area (Å²) in [5.74, 6) is -1.80. The summed E-state index contributed by atoms with van der Waals surface area (Å²) in [6.45, 7) is 3.24. The van der Waals surface area contributed by atoms with E-state index in [4.69, 9.17) is 16.3 Å². The number of pyridine rings is 1. The van der Waals surface area contributed by atoms with E-state index in [0.717, 1.165) is 22.5 Å². The number of aromatic nitrogens is 1. The molecule has 0 spiro atoms. The Labute approximate surface area is 205 Å². The van der Waals surface area contributed by atoms with Crippen LogP contribution in [0.5, 0.6) is 11.5 Å². The third-order valence-electron chi connectivity index (χ3n) is 4.71. The van der Waals surface area contributed by atoms with E-state index < -0.39 is 45.5 Å². The Morgan fingerprint density at radius 1 is 1.20 bits per heavy atom. The van der Waals surface area contributed by atoms with Gasteiger partial charge in [-0.1, -0.05) is 11.6 Å². The van der Waals surface area contributed by atoms with Crippen LogP contribution < -0.4 is 14.4 Å². The Morgan fingerprint density at radius 2 is 1.91 bits per heavy atom. The minimum atomic E-state index is -4.83. The van der Waals surface area contributed by atoms with Crippen LogP contribution in [0.25, 0.3) is 0 Å². The van der Waals surface area contributed by atoms with Crippen molar-refractivity contribution in [3.05, 3.63) is 76.2 Å². The molecule has 1 aromatic heterocycles. The first-order valence-corrected chi connectivity index (χ1v) is 11.4. The SMILES string of the molecule is CCN(c1cc(NC(=O)c2cc(Cl)c(C(F)(F)F)cc2Oc2ccc(F)cc2C)ccn1)S(=O)O. The quantitative estimate of drug-likeness (QED) is 0.279. The predicted octanol–water partition coefficient (Wildman–Crippen LogP) is 6.21. The van der Waals surface area contributed by atoms with Gasteiger partial charge in [-0.25, -0.2) is 13.6 Å². The van der Waals surface area contributed by atoms with Crippen molar-refractivity contribution in [3.63, 3.8) is 0 Å². The Bertz CT molecular complexity index is 1290. The van der Waals surface area contributed by atoms with Crippen LogP contribution in [0.15, 0.2) is 48.7 Å². The van der Waals surface area contributed by atoms with Crippen LogP contribution in [0, 0.1) is 12.7 Å². The Morgan fingerprint density at radius 3 is 2.51 bits per heavy atom. The molecule has 2 N–H and O–H groups in total. The van der Waals surface area contributed by atoms with E-state index in [1.54, 1.807) is 6.92 Å². The highest BCUT2D eigenvalue weighted by molar-refractivity contribution is 7.80. The van der Waals surface area contributed by atoms with E-state index in [2.05, 4.69) is 10.3 Å². The molecule has 1 atom stereocenters. The summed E-state index contributed by atoms with van der Waals surface area (Å²) in [6.07, 6.45) is -3.55. The van der Waals surface area contributed by atoms with Gasteiger partial charge in [0.25, 0.3) is 17.2 Å². The van der Waals surface area contributed by atoms with Gasteiger partial charge in [0, 0.05) is 24.5 Å². The highest BCUT2D eigenvalue weighted by atomic mass is 35.5. The number of rotatable bonds is 7. The average Bonchev–Trinajstić information content (AvgIpc) is 2.76. The molecule has 186 valence electrons. The number of aryl methyl sites for hydroxylation is 1. The van der Waals surface area contributed by atoms with Crippen LogP contribution >= 0.6 is 11.6 Å². The first-order valence-electron chi connectivity index (χ1n) is 9.91. The third-order valence-corrected chi connectivity index (χ3v) is 5.85. The van der Waals surface area contributed by atoms with E-state index in [9.17, 15) is 31.1 Å². The summed E-state index contributed by atoms with van der Waals surface area (Å²) in [7, 11) is 0. The lowest BCUT2D eigenvalue weighted by atomic mass is 10.1. The maximum absolute atomic E-state index is 13.5. The van der Waals surface area contributed by atoms with Crippen LogP contribution in [-0.2, 0) is 17.4 Å². The van der Waals surface area contributed by atoms with Crippen molar-refractivity contribution in [1.82, 2.24) is 4.98 Å². The average molecular weight is 532 g/mol. The zero-order valence-electron chi connectivity index (χ0n) is 18.2. The lowest BCUT2D eigenvalue weighted by Crippen LogP contribution is -2.25. The van der Waals surface area contributed by atoms with Crippen molar-refractivity contribution in [2.24, 2.45) is 0 Å². The van der Waals surface area contributed by atoms with E-state index >= 15 is 0 Å². The first kappa shape index (κ1) is 26.4. The summed E-state index contributed by atoms with van der Waals surface area (Å²) in [5.41, 5.74) is -1.12. The predicted molar refractivity (Wildman–Crippen MR) is 124 cm³/mol. The third kappa shape index (κ3) is 6.27. The highest BCUT2D eigenvalue weighted by Crippen LogP contribution is 2.40. The largest absolute Gasteiger partial charge is 0.456 e. The maximum atomic E-state index is 13.5. The number of hydrogen-bond donors (Lipinski definition) is 2. The van der Waals surface area contributed by atoms with Crippen LogP contribution in [0.2, 0.25) is 5.02 Å². The van der Waals surface area contributed by atoms with Crippen LogP contribution in [0.1, 0.15) is 28.4 Å². The van der Waals surface area contributed by atoms with Crippen molar-refractivity contribution >= 4 is 40.3 Å². The van der Waals surface area contributed by atoms with Crippen molar-refractivity contribution in [3.8, 4) is 11.5 Å². The molecular formula is C22H18ClF4N3O4S. The summed E-state index contributed by atoms with van der Waals surface area (Å²) in [6, 6.07) is 7.50. The number of ether oxygens (including phenoxy) is 1. The molecule has 0 bridgehead atoms. The molecule has 1 amide bonds. The zero-order chi connectivity index (χ0) is 25.9. The summed E-state index contributed by atoms with van der Waals surface area (Å²) < 4.78 is 81.3. The maximum Gasteiger partial charge on any atom is 0.417 e. The lowest BCUT2D eigenvalue weighted by molar-refractivity contribution is -0.137. The molecule has 1 heterocycles. The molecule has 0 saturated carbocycles. The van der Waals surface area contributed by atoms with Gasteiger partial charge in [0.1, 0.15) is 23.1 Å². The molecule has 1 unspecified atom stereocenters. The fourth-order valence-electron chi connectivity index (χ4n) is 3.06. The Kier molecular flexibility index (Phi) is 7.98. The molecule has 0 aliphatic rings. The number of nitrogens with zero attached hydrogens (tertiary/aromatic N) is 2. The fourth-order valence-corrected chi connectivity index (χ4v) is 3.81. The van der Waals surface area contributed by atoms with Gasteiger partial charge in [-0.05, 0) is 55.8 Å². The molecule has 3 aromatic rings. The molecule has 7 nitrogen and oxygen atoms in total. The molecule has 2 aromatic carbocycles. The number of amides is 1. The topological polar surface area (TPSA) is 91.8 Å². The van der Waals surface area contributed by atoms with E-state index in [1.165, 1.54) is 31.3 Å². The van der Waals surface area contributed by atoms with Crippen LogP contribution in [0.3, 0.4) is 0 Å². The monoisotopic (exact) mass is 531 g/mol. The van der Waals surface area contributed by atoms with Gasteiger partial charge in [0.2, 0.25) is 0 Å². The second-order valence-electron chi connectivity index (χ2n) is 7.12. The lowest BCUT2D eigenvalue weighted by Gasteiger charge is -2.18. The standard InChI is InChI=1S/C22H18ClF4N3O4S/c1-3-30(35(32)33)20-9-14(6-7-28-20)29-21(31)15-10-17(23)16(22(25,26)27)11-19(15)34-18-5-4-13(24)8-12(18)2/h4-11H,3H2,1-2H3,(H,32,33)(H,28,29,31). The second kappa shape index (κ2) is 10.6. The second-order valence-corrected chi connectivity index (χ2v) is 8.43. The van der Waals surface area contributed by atoms with Gasteiger partial charge in [0.05, 0.1) is 16.1 Å². The van der Waals surface area contributed by atoms with Crippen molar-refractivity contribution < 1.29 is 35.9 Å². The zero-order valence-corrected chi connectivity index (χ0v) is 19.8. The summed E-state index contributed by atoms with van der Waals surface area (Å²) in [4.78, 5) is 17.0. The van der Waals surface area contributed by atoms with Crippen molar-refractivity contribution in [2.45, 2.75) is 20.0 Å². The van der Waals surface area contributed by atoms with Crippen molar-refractivity contribution in [2.75, 3.05) is 16.2 Å². The van der Waals surface area contributed by atoms with Gasteiger partial charge in [-0.15, -0.1) is 0 Å². The molecule has 0 aliphatic carbocycles. The number of anilines is 2. The molecule has 0 fully saturated rings. The van der Waals surface area contributed by atoms with Crippen molar-refractivity contribution in [1.29, 1.82) is 0 Å². The molecular weight excluding hydrogens is 514 g/mol.